The third-order valence-corrected chi connectivity index (χ3v) is 4.36. The number of hydrogen-bond donors (Lipinski definition) is 1. The molecule has 1 N–H and O–H groups in total. The Hall–Kier alpha value is -1.45. The van der Waals surface area contributed by atoms with Crippen LogP contribution in [0.5, 0.6) is 0 Å². The average Bonchev–Trinajstić information content (AvgIpc) is 2.47. The van der Waals surface area contributed by atoms with E-state index in [0.717, 1.165) is 31.3 Å². The van der Waals surface area contributed by atoms with E-state index in [1.807, 2.05) is 12.3 Å². The first-order chi connectivity index (χ1) is 9.74. The lowest BCUT2D eigenvalue weighted by Crippen LogP contribution is -2.42. The highest BCUT2D eigenvalue weighted by atomic mass is 16.3. The van der Waals surface area contributed by atoms with Crippen LogP contribution in [0.25, 0.3) is 10.9 Å². The topological polar surface area (TPSA) is 36.4 Å². The summed E-state index contributed by atoms with van der Waals surface area (Å²) < 4.78 is 0. The lowest BCUT2D eigenvalue weighted by atomic mass is 9.91. The Kier molecular flexibility index (Phi) is 3.99. The summed E-state index contributed by atoms with van der Waals surface area (Å²) in [5, 5.41) is 11.3. The Morgan fingerprint density at radius 1 is 1.25 bits per heavy atom. The zero-order chi connectivity index (χ0) is 13.9. The van der Waals surface area contributed by atoms with E-state index in [2.05, 4.69) is 41.2 Å². The second-order valence-corrected chi connectivity index (χ2v) is 5.86. The molecule has 2 aromatic rings. The van der Waals surface area contributed by atoms with Crippen LogP contribution in [-0.2, 0) is 6.54 Å². The molecule has 0 amide bonds. The molecule has 0 aliphatic heterocycles. The van der Waals surface area contributed by atoms with E-state index in [-0.39, 0.29) is 6.10 Å². The number of benzene rings is 1. The van der Waals surface area contributed by atoms with E-state index < -0.39 is 0 Å². The second kappa shape index (κ2) is 5.90. The fourth-order valence-corrected chi connectivity index (χ4v) is 3.23. The zero-order valence-corrected chi connectivity index (χ0v) is 12.0. The monoisotopic (exact) mass is 270 g/mol. The van der Waals surface area contributed by atoms with Gasteiger partial charge in [-0.05, 0) is 43.7 Å². The third kappa shape index (κ3) is 2.84. The van der Waals surface area contributed by atoms with Gasteiger partial charge in [0.2, 0.25) is 0 Å². The van der Waals surface area contributed by atoms with Gasteiger partial charge in [-0.15, -0.1) is 0 Å². The Bertz CT molecular complexity index is 584. The van der Waals surface area contributed by atoms with Crippen molar-refractivity contribution in [2.45, 2.75) is 44.4 Å². The standard InChI is InChI=1S/C17H22N2O/c1-19(16-6-2-3-7-17(16)20)12-13-8-9-15-14(11-13)5-4-10-18-15/h4-5,8-11,16-17,20H,2-3,6-7,12H2,1H3. The number of pyridine rings is 1. The highest BCUT2D eigenvalue weighted by Gasteiger charge is 2.26. The van der Waals surface area contributed by atoms with Crippen LogP contribution < -0.4 is 0 Å². The summed E-state index contributed by atoms with van der Waals surface area (Å²) in [5.74, 6) is 0. The summed E-state index contributed by atoms with van der Waals surface area (Å²) in [5.41, 5.74) is 2.32. The van der Waals surface area contributed by atoms with Gasteiger partial charge in [0.1, 0.15) is 0 Å². The van der Waals surface area contributed by atoms with Crippen molar-refractivity contribution in [1.82, 2.24) is 9.88 Å². The maximum absolute atomic E-state index is 10.1. The molecular weight excluding hydrogens is 248 g/mol. The van der Waals surface area contributed by atoms with Gasteiger partial charge in [-0.25, -0.2) is 0 Å². The van der Waals surface area contributed by atoms with Crippen molar-refractivity contribution in [3.05, 3.63) is 42.1 Å². The number of aliphatic hydroxyl groups is 1. The molecule has 3 rings (SSSR count). The summed E-state index contributed by atoms with van der Waals surface area (Å²) in [4.78, 5) is 6.64. The van der Waals surface area contributed by atoms with Gasteiger partial charge in [0, 0.05) is 24.2 Å². The maximum Gasteiger partial charge on any atom is 0.0702 e. The number of hydrogen-bond acceptors (Lipinski definition) is 3. The zero-order valence-electron chi connectivity index (χ0n) is 12.0. The average molecular weight is 270 g/mol. The summed E-state index contributed by atoms with van der Waals surface area (Å²) in [6.07, 6.45) is 6.09. The first-order valence-electron chi connectivity index (χ1n) is 7.46. The molecule has 1 aromatic carbocycles. The van der Waals surface area contributed by atoms with E-state index in [1.165, 1.54) is 17.4 Å². The third-order valence-electron chi connectivity index (χ3n) is 4.36. The van der Waals surface area contributed by atoms with Crippen LogP contribution in [0.15, 0.2) is 36.5 Å². The lowest BCUT2D eigenvalue weighted by molar-refractivity contribution is 0.0288. The normalized spacial score (nSPS) is 23.4. The molecule has 3 nitrogen and oxygen atoms in total. The van der Waals surface area contributed by atoms with Crippen molar-refractivity contribution in [2.24, 2.45) is 0 Å². The van der Waals surface area contributed by atoms with E-state index in [9.17, 15) is 5.11 Å². The Balaban J connectivity index is 1.74. The van der Waals surface area contributed by atoms with Crippen LogP contribution in [0.2, 0.25) is 0 Å². The van der Waals surface area contributed by atoms with Crippen LogP contribution in [0.1, 0.15) is 31.2 Å². The molecule has 1 aliphatic carbocycles. The summed E-state index contributed by atoms with van der Waals surface area (Å²) in [6.45, 7) is 0.882. The van der Waals surface area contributed by atoms with E-state index in [0.29, 0.717) is 6.04 Å². The Morgan fingerprint density at radius 3 is 2.95 bits per heavy atom. The summed E-state index contributed by atoms with van der Waals surface area (Å²) >= 11 is 0. The molecule has 3 heteroatoms. The predicted molar refractivity (Wildman–Crippen MR) is 81.5 cm³/mol. The number of aromatic nitrogens is 1. The minimum atomic E-state index is -0.170. The molecule has 0 spiro atoms. The summed E-state index contributed by atoms with van der Waals surface area (Å²) in [7, 11) is 2.12. The Morgan fingerprint density at radius 2 is 2.10 bits per heavy atom. The van der Waals surface area contributed by atoms with Crippen molar-refractivity contribution >= 4 is 10.9 Å². The molecule has 1 heterocycles. The fourth-order valence-electron chi connectivity index (χ4n) is 3.23. The number of fused-ring (bicyclic) bond motifs is 1. The number of likely N-dealkylation sites (N-methyl/N-ethyl adjacent to an activating group) is 1. The van der Waals surface area contributed by atoms with Crippen molar-refractivity contribution in [3.8, 4) is 0 Å². The molecule has 0 radical (unpaired) electrons. The fraction of sp³-hybridized carbons (Fsp3) is 0.471. The first-order valence-corrected chi connectivity index (χ1v) is 7.46. The molecule has 2 atom stereocenters. The van der Waals surface area contributed by atoms with Gasteiger partial charge in [-0.2, -0.15) is 0 Å². The number of rotatable bonds is 3. The quantitative estimate of drug-likeness (QED) is 0.931. The van der Waals surface area contributed by atoms with Crippen LogP contribution >= 0.6 is 0 Å². The molecule has 2 unspecified atom stereocenters. The van der Waals surface area contributed by atoms with Gasteiger partial charge in [-0.3, -0.25) is 9.88 Å². The summed E-state index contributed by atoms with van der Waals surface area (Å²) in [6, 6.07) is 10.8. The minimum absolute atomic E-state index is 0.170. The van der Waals surface area contributed by atoms with Crippen molar-refractivity contribution < 1.29 is 5.11 Å². The first kappa shape index (κ1) is 13.5. The SMILES string of the molecule is CN(Cc1ccc2ncccc2c1)C1CCCCC1O. The lowest BCUT2D eigenvalue weighted by Gasteiger charge is -2.35. The van der Waals surface area contributed by atoms with Gasteiger partial charge >= 0.3 is 0 Å². The van der Waals surface area contributed by atoms with Crippen molar-refractivity contribution in [3.63, 3.8) is 0 Å². The molecular formula is C17H22N2O. The van der Waals surface area contributed by atoms with Crippen LogP contribution in [-0.4, -0.2) is 34.2 Å². The van der Waals surface area contributed by atoms with Gasteiger partial charge in [0.25, 0.3) is 0 Å². The van der Waals surface area contributed by atoms with Crippen molar-refractivity contribution in [2.75, 3.05) is 7.05 Å². The Labute approximate surface area is 120 Å². The molecule has 0 bridgehead atoms. The second-order valence-electron chi connectivity index (χ2n) is 5.86. The van der Waals surface area contributed by atoms with Gasteiger partial charge in [0.15, 0.2) is 0 Å². The molecule has 1 saturated carbocycles. The number of nitrogens with zero attached hydrogens (tertiary/aromatic N) is 2. The van der Waals surface area contributed by atoms with Crippen LogP contribution in [0, 0.1) is 0 Å². The smallest absolute Gasteiger partial charge is 0.0702 e. The molecule has 1 fully saturated rings. The number of aliphatic hydroxyl groups excluding tert-OH is 1. The largest absolute Gasteiger partial charge is 0.391 e. The molecule has 0 saturated heterocycles. The molecule has 106 valence electrons. The van der Waals surface area contributed by atoms with Crippen molar-refractivity contribution in [1.29, 1.82) is 0 Å². The van der Waals surface area contributed by atoms with Gasteiger partial charge in [-0.1, -0.05) is 25.0 Å². The molecule has 20 heavy (non-hydrogen) atoms. The minimum Gasteiger partial charge on any atom is -0.391 e. The maximum atomic E-state index is 10.1. The van der Waals surface area contributed by atoms with E-state index in [1.54, 1.807) is 0 Å². The highest BCUT2D eigenvalue weighted by molar-refractivity contribution is 5.78. The predicted octanol–water partition coefficient (Wildman–Crippen LogP) is 2.97. The molecule has 1 aromatic heterocycles. The van der Waals surface area contributed by atoms with Crippen LogP contribution in [0.3, 0.4) is 0 Å². The van der Waals surface area contributed by atoms with Crippen LogP contribution in [0.4, 0.5) is 0 Å². The highest BCUT2D eigenvalue weighted by Crippen LogP contribution is 2.24. The van der Waals surface area contributed by atoms with Gasteiger partial charge < -0.3 is 5.11 Å². The molecule has 1 aliphatic rings. The van der Waals surface area contributed by atoms with E-state index in [4.69, 9.17) is 0 Å². The van der Waals surface area contributed by atoms with E-state index >= 15 is 0 Å². The van der Waals surface area contributed by atoms with Gasteiger partial charge in [0.05, 0.1) is 11.6 Å².